The van der Waals surface area contributed by atoms with Crippen molar-refractivity contribution in [3.63, 3.8) is 0 Å². The van der Waals surface area contributed by atoms with Crippen LogP contribution in [0.25, 0.3) is 0 Å². The van der Waals surface area contributed by atoms with Crippen LogP contribution < -0.4 is 4.72 Å². The van der Waals surface area contributed by atoms with Crippen molar-refractivity contribution in [1.29, 1.82) is 0 Å². The summed E-state index contributed by atoms with van der Waals surface area (Å²) in [5.41, 5.74) is 0.720. The molecule has 4 nitrogen and oxygen atoms in total. The van der Waals surface area contributed by atoms with Crippen LogP contribution >= 0.6 is 11.8 Å². The quantitative estimate of drug-likeness (QED) is 0.903. The Morgan fingerprint density at radius 2 is 2.32 bits per heavy atom. The average molecular weight is 305 g/mol. The molecule has 0 saturated heterocycles. The number of hydrogen-bond donors (Lipinski definition) is 1. The molecular formula is C12H16FNO3S2. The molecule has 0 amide bonds. The van der Waals surface area contributed by atoms with E-state index in [1.807, 2.05) is 0 Å². The highest BCUT2D eigenvalue weighted by molar-refractivity contribution is 7.99. The average Bonchev–Trinajstić information content (AvgIpc) is 2.37. The standard InChI is InChI=1S/C12H16FNO3S2/c1-17-5-7-19(15,16)14-11-4-6-18-12-3-2-9(13)8-10(11)12/h2-3,8,11,14H,4-7H2,1H3. The molecular weight excluding hydrogens is 289 g/mol. The smallest absolute Gasteiger partial charge is 0.214 e. The summed E-state index contributed by atoms with van der Waals surface area (Å²) < 4.78 is 44.4. The second-order valence-corrected chi connectivity index (χ2v) is 7.31. The Hall–Kier alpha value is -0.630. The van der Waals surface area contributed by atoms with Gasteiger partial charge in [-0.05, 0) is 35.9 Å². The third-order valence-corrected chi connectivity index (χ3v) is 5.36. The Bertz CT molecular complexity index is 548. The van der Waals surface area contributed by atoms with Gasteiger partial charge in [-0.2, -0.15) is 0 Å². The first kappa shape index (κ1) is 14.8. The van der Waals surface area contributed by atoms with E-state index in [1.165, 1.54) is 19.2 Å². The van der Waals surface area contributed by atoms with Crippen molar-refractivity contribution in [1.82, 2.24) is 4.72 Å². The molecule has 7 heteroatoms. The molecule has 0 spiro atoms. The summed E-state index contributed by atoms with van der Waals surface area (Å²) in [4.78, 5) is 0.937. The molecule has 106 valence electrons. The number of thioether (sulfide) groups is 1. The van der Waals surface area contributed by atoms with Crippen molar-refractivity contribution in [2.24, 2.45) is 0 Å². The number of fused-ring (bicyclic) bond motifs is 1. The normalized spacial score (nSPS) is 19.2. The third kappa shape index (κ3) is 3.92. The van der Waals surface area contributed by atoms with E-state index in [9.17, 15) is 12.8 Å². The second-order valence-electron chi connectivity index (χ2n) is 4.30. The van der Waals surface area contributed by atoms with Crippen molar-refractivity contribution in [3.05, 3.63) is 29.6 Å². The Morgan fingerprint density at radius 3 is 3.05 bits per heavy atom. The van der Waals surface area contributed by atoms with Gasteiger partial charge in [0.2, 0.25) is 10.0 Å². The minimum Gasteiger partial charge on any atom is -0.384 e. The fraction of sp³-hybridized carbons (Fsp3) is 0.500. The van der Waals surface area contributed by atoms with E-state index in [-0.39, 0.29) is 24.2 Å². The lowest BCUT2D eigenvalue weighted by atomic mass is 10.0. The van der Waals surface area contributed by atoms with Gasteiger partial charge in [-0.1, -0.05) is 0 Å². The number of nitrogens with one attached hydrogen (secondary N) is 1. The van der Waals surface area contributed by atoms with Crippen LogP contribution in [0.5, 0.6) is 0 Å². The van der Waals surface area contributed by atoms with Gasteiger partial charge in [0.15, 0.2) is 0 Å². The topological polar surface area (TPSA) is 55.4 Å². The van der Waals surface area contributed by atoms with Gasteiger partial charge in [-0.3, -0.25) is 0 Å². The highest BCUT2D eigenvalue weighted by Crippen LogP contribution is 2.36. The first-order valence-electron chi connectivity index (χ1n) is 5.93. The molecule has 0 fully saturated rings. The lowest BCUT2D eigenvalue weighted by Gasteiger charge is -2.25. The molecule has 0 bridgehead atoms. The highest BCUT2D eigenvalue weighted by Gasteiger charge is 2.25. The zero-order chi connectivity index (χ0) is 13.9. The molecule has 1 atom stereocenters. The SMILES string of the molecule is COCCS(=O)(=O)NC1CCSc2ccc(F)cc21. The maximum Gasteiger partial charge on any atom is 0.214 e. The predicted molar refractivity (Wildman–Crippen MR) is 73.3 cm³/mol. The minimum absolute atomic E-state index is 0.0855. The van der Waals surface area contributed by atoms with Gasteiger partial charge in [0, 0.05) is 18.0 Å². The van der Waals surface area contributed by atoms with Gasteiger partial charge >= 0.3 is 0 Å². The van der Waals surface area contributed by atoms with Crippen LogP contribution in [0, 0.1) is 5.82 Å². The molecule has 1 unspecified atom stereocenters. The number of sulfonamides is 1. The van der Waals surface area contributed by atoms with Crippen LogP contribution in [-0.4, -0.2) is 33.6 Å². The van der Waals surface area contributed by atoms with Crippen LogP contribution in [0.15, 0.2) is 23.1 Å². The first-order chi connectivity index (χ1) is 9.02. The van der Waals surface area contributed by atoms with Gasteiger partial charge in [0.25, 0.3) is 0 Å². The Kier molecular flexibility index (Phi) is 4.83. The molecule has 1 aliphatic rings. The maximum absolute atomic E-state index is 13.3. The second kappa shape index (κ2) is 6.21. The van der Waals surface area contributed by atoms with E-state index in [2.05, 4.69) is 4.72 Å². The van der Waals surface area contributed by atoms with E-state index >= 15 is 0 Å². The fourth-order valence-corrected chi connectivity index (χ4v) is 4.24. The van der Waals surface area contributed by atoms with Crippen molar-refractivity contribution < 1.29 is 17.5 Å². The molecule has 0 radical (unpaired) electrons. The zero-order valence-corrected chi connectivity index (χ0v) is 12.2. The summed E-state index contributed by atoms with van der Waals surface area (Å²) in [5.74, 6) is 0.385. The van der Waals surface area contributed by atoms with Crippen LogP contribution in [0.3, 0.4) is 0 Å². The van der Waals surface area contributed by atoms with Gasteiger partial charge in [-0.15, -0.1) is 11.8 Å². The summed E-state index contributed by atoms with van der Waals surface area (Å²) in [7, 11) is -1.95. The number of ether oxygens (including phenoxy) is 1. The summed E-state index contributed by atoms with van der Waals surface area (Å²) >= 11 is 1.62. The molecule has 1 N–H and O–H groups in total. The van der Waals surface area contributed by atoms with Crippen molar-refractivity contribution in [2.75, 3.05) is 25.2 Å². The molecule has 1 aliphatic heterocycles. The van der Waals surface area contributed by atoms with E-state index in [0.717, 1.165) is 16.2 Å². The summed E-state index contributed by atoms with van der Waals surface area (Å²) in [6.07, 6.45) is 0.660. The van der Waals surface area contributed by atoms with E-state index in [4.69, 9.17) is 4.74 Å². The lowest BCUT2D eigenvalue weighted by molar-refractivity contribution is 0.216. The van der Waals surface area contributed by atoms with E-state index in [1.54, 1.807) is 17.8 Å². The first-order valence-corrected chi connectivity index (χ1v) is 8.57. The van der Waals surface area contributed by atoms with Crippen molar-refractivity contribution >= 4 is 21.8 Å². The van der Waals surface area contributed by atoms with Crippen molar-refractivity contribution in [2.45, 2.75) is 17.4 Å². The van der Waals surface area contributed by atoms with E-state index < -0.39 is 10.0 Å². The Labute approximate surface area is 116 Å². The molecule has 19 heavy (non-hydrogen) atoms. The van der Waals surface area contributed by atoms with Gasteiger partial charge in [0.1, 0.15) is 5.82 Å². The summed E-state index contributed by atoms with van der Waals surface area (Å²) in [6.45, 7) is 0.146. The van der Waals surface area contributed by atoms with Crippen LogP contribution in [0.2, 0.25) is 0 Å². The number of methoxy groups -OCH3 is 1. The predicted octanol–water partition coefficient (Wildman–Crippen LogP) is 1.93. The zero-order valence-electron chi connectivity index (χ0n) is 10.6. The van der Waals surface area contributed by atoms with Crippen LogP contribution in [0.1, 0.15) is 18.0 Å². The number of benzene rings is 1. The molecule has 0 aromatic heterocycles. The van der Waals surface area contributed by atoms with E-state index in [0.29, 0.717) is 6.42 Å². The third-order valence-electron chi connectivity index (χ3n) is 2.89. The Balaban J connectivity index is 2.17. The maximum atomic E-state index is 13.3. The molecule has 1 aromatic rings. The highest BCUT2D eigenvalue weighted by atomic mass is 32.2. The van der Waals surface area contributed by atoms with Gasteiger partial charge in [-0.25, -0.2) is 17.5 Å². The van der Waals surface area contributed by atoms with Crippen LogP contribution in [-0.2, 0) is 14.8 Å². The molecule has 0 aliphatic carbocycles. The van der Waals surface area contributed by atoms with Gasteiger partial charge < -0.3 is 4.74 Å². The van der Waals surface area contributed by atoms with Crippen LogP contribution in [0.4, 0.5) is 4.39 Å². The molecule has 1 aromatic carbocycles. The molecule has 0 saturated carbocycles. The summed E-state index contributed by atoms with van der Waals surface area (Å²) in [6, 6.07) is 4.15. The minimum atomic E-state index is -3.41. The van der Waals surface area contributed by atoms with Gasteiger partial charge in [0.05, 0.1) is 12.4 Å². The molecule has 2 rings (SSSR count). The Morgan fingerprint density at radius 1 is 1.53 bits per heavy atom. The fourth-order valence-electron chi connectivity index (χ4n) is 1.96. The lowest BCUT2D eigenvalue weighted by Crippen LogP contribution is -2.33. The summed E-state index contributed by atoms with van der Waals surface area (Å²) in [5, 5.41) is 0. The number of halogens is 1. The molecule has 1 heterocycles. The van der Waals surface area contributed by atoms with Crippen molar-refractivity contribution in [3.8, 4) is 0 Å². The largest absolute Gasteiger partial charge is 0.384 e. The number of hydrogen-bond acceptors (Lipinski definition) is 4. The number of rotatable bonds is 5. The monoisotopic (exact) mass is 305 g/mol.